The van der Waals surface area contributed by atoms with Gasteiger partial charge in [0.1, 0.15) is 0 Å². The van der Waals surface area contributed by atoms with Crippen LogP contribution in [-0.4, -0.2) is 22.3 Å². The predicted molar refractivity (Wildman–Crippen MR) is 85.3 cm³/mol. The average molecular weight is 317 g/mol. The van der Waals surface area contributed by atoms with Gasteiger partial charge in [0.25, 0.3) is 0 Å². The van der Waals surface area contributed by atoms with E-state index in [0.717, 1.165) is 15.8 Å². The molecule has 4 nitrogen and oxygen atoms in total. The molecule has 0 radical (unpaired) electrons. The number of aromatic carboxylic acids is 1. The van der Waals surface area contributed by atoms with Crippen LogP contribution in [0.3, 0.4) is 0 Å². The monoisotopic (exact) mass is 316 g/mol. The van der Waals surface area contributed by atoms with Crippen LogP contribution < -0.4 is 0 Å². The highest BCUT2D eigenvalue weighted by molar-refractivity contribution is 7.22. The molecular weight excluding hydrogens is 308 g/mol. The summed E-state index contributed by atoms with van der Waals surface area (Å²) in [6.45, 7) is 0. The number of aromatic nitrogens is 1. The minimum Gasteiger partial charge on any atom is -0.478 e. The fourth-order valence-corrected chi connectivity index (χ4v) is 2.87. The van der Waals surface area contributed by atoms with Gasteiger partial charge in [-0.1, -0.05) is 35.1 Å². The number of fused-ring (bicyclic) bond motifs is 1. The SMILES string of the molecule is O=C(O)c1ccc(C=Nc2nc3ccc(Cl)cc3s2)cc1. The molecule has 1 aromatic heterocycles. The summed E-state index contributed by atoms with van der Waals surface area (Å²) in [5, 5.41) is 10.1. The van der Waals surface area contributed by atoms with Gasteiger partial charge in [-0.2, -0.15) is 0 Å². The highest BCUT2D eigenvalue weighted by atomic mass is 35.5. The largest absolute Gasteiger partial charge is 0.478 e. The zero-order chi connectivity index (χ0) is 14.8. The highest BCUT2D eigenvalue weighted by Gasteiger charge is 2.03. The van der Waals surface area contributed by atoms with E-state index in [0.29, 0.717) is 10.2 Å². The van der Waals surface area contributed by atoms with Crippen molar-refractivity contribution < 1.29 is 9.90 Å². The standard InChI is InChI=1S/C15H9ClN2O2S/c16-11-5-6-12-13(7-11)21-15(18-12)17-8-9-1-3-10(4-2-9)14(19)20/h1-8H,(H,19,20). The first kappa shape index (κ1) is 13.7. The van der Waals surface area contributed by atoms with E-state index < -0.39 is 5.97 Å². The van der Waals surface area contributed by atoms with Crippen molar-refractivity contribution >= 4 is 50.5 Å². The topological polar surface area (TPSA) is 62.5 Å². The number of hydrogen-bond acceptors (Lipinski definition) is 4. The van der Waals surface area contributed by atoms with E-state index in [1.165, 1.54) is 11.3 Å². The molecule has 0 fully saturated rings. The molecule has 0 aliphatic heterocycles. The summed E-state index contributed by atoms with van der Waals surface area (Å²) < 4.78 is 0.982. The van der Waals surface area contributed by atoms with E-state index in [9.17, 15) is 4.79 Å². The number of thiazole rings is 1. The van der Waals surface area contributed by atoms with Gasteiger partial charge in [-0.3, -0.25) is 0 Å². The van der Waals surface area contributed by atoms with Crippen molar-refractivity contribution in [1.82, 2.24) is 4.98 Å². The van der Waals surface area contributed by atoms with Crippen LogP contribution in [0.5, 0.6) is 0 Å². The molecular formula is C15H9ClN2O2S. The van der Waals surface area contributed by atoms with E-state index >= 15 is 0 Å². The average Bonchev–Trinajstić information content (AvgIpc) is 2.87. The van der Waals surface area contributed by atoms with Crippen LogP contribution >= 0.6 is 22.9 Å². The zero-order valence-corrected chi connectivity index (χ0v) is 12.2. The van der Waals surface area contributed by atoms with E-state index in [4.69, 9.17) is 16.7 Å². The van der Waals surface area contributed by atoms with Crippen LogP contribution in [0, 0.1) is 0 Å². The summed E-state index contributed by atoms with van der Waals surface area (Å²) in [6.07, 6.45) is 1.66. The quantitative estimate of drug-likeness (QED) is 0.728. The Hall–Kier alpha value is -2.24. The molecule has 0 unspecified atom stereocenters. The maximum atomic E-state index is 10.8. The predicted octanol–water partition coefficient (Wildman–Crippen LogP) is 4.40. The van der Waals surface area contributed by atoms with Crippen LogP contribution in [0.4, 0.5) is 5.13 Å². The summed E-state index contributed by atoms with van der Waals surface area (Å²) in [4.78, 5) is 19.5. The Balaban J connectivity index is 1.85. The molecule has 1 heterocycles. The first-order valence-corrected chi connectivity index (χ1v) is 7.25. The molecule has 0 bridgehead atoms. The van der Waals surface area contributed by atoms with Crippen molar-refractivity contribution in [1.29, 1.82) is 0 Å². The zero-order valence-electron chi connectivity index (χ0n) is 10.7. The number of hydrogen-bond donors (Lipinski definition) is 1. The van der Waals surface area contributed by atoms with Crippen molar-refractivity contribution in [3.05, 3.63) is 58.6 Å². The van der Waals surface area contributed by atoms with Gasteiger partial charge in [-0.25, -0.2) is 14.8 Å². The molecule has 6 heteroatoms. The number of carboxylic acid groups (broad SMARTS) is 1. The van der Waals surface area contributed by atoms with Gasteiger partial charge in [0, 0.05) is 11.2 Å². The van der Waals surface area contributed by atoms with E-state index in [1.807, 2.05) is 12.1 Å². The molecule has 0 saturated carbocycles. The Morgan fingerprint density at radius 3 is 2.71 bits per heavy atom. The van der Waals surface area contributed by atoms with Crippen LogP contribution in [0.1, 0.15) is 15.9 Å². The lowest BCUT2D eigenvalue weighted by atomic mass is 10.1. The van der Waals surface area contributed by atoms with Crippen molar-refractivity contribution in [3.8, 4) is 0 Å². The fourth-order valence-electron chi connectivity index (χ4n) is 1.78. The summed E-state index contributed by atoms with van der Waals surface area (Å²) in [6, 6.07) is 12.0. The van der Waals surface area contributed by atoms with Gasteiger partial charge >= 0.3 is 5.97 Å². The summed E-state index contributed by atoms with van der Waals surface area (Å²) in [5.41, 5.74) is 1.93. The lowest BCUT2D eigenvalue weighted by molar-refractivity contribution is 0.0697. The van der Waals surface area contributed by atoms with Gasteiger partial charge in [-0.05, 0) is 35.9 Å². The maximum absolute atomic E-state index is 10.8. The van der Waals surface area contributed by atoms with E-state index in [2.05, 4.69) is 9.98 Å². The molecule has 1 N–H and O–H groups in total. The van der Waals surface area contributed by atoms with Crippen molar-refractivity contribution in [2.24, 2.45) is 4.99 Å². The second kappa shape index (κ2) is 5.63. The Labute approximate surface area is 129 Å². The molecule has 0 amide bonds. The molecule has 0 aliphatic carbocycles. The van der Waals surface area contributed by atoms with Crippen LogP contribution in [0.2, 0.25) is 5.02 Å². The molecule has 3 rings (SSSR count). The first-order valence-electron chi connectivity index (χ1n) is 6.05. The van der Waals surface area contributed by atoms with Gasteiger partial charge in [0.2, 0.25) is 5.13 Å². The summed E-state index contributed by atoms with van der Waals surface area (Å²) in [5.74, 6) is -0.943. The van der Waals surface area contributed by atoms with E-state index in [1.54, 1.807) is 36.5 Å². The molecule has 2 aromatic carbocycles. The third-order valence-corrected chi connectivity index (χ3v) is 3.98. The Kier molecular flexibility index (Phi) is 3.68. The third kappa shape index (κ3) is 3.09. The number of carboxylic acids is 1. The van der Waals surface area contributed by atoms with Gasteiger partial charge < -0.3 is 5.11 Å². The van der Waals surface area contributed by atoms with Crippen LogP contribution in [-0.2, 0) is 0 Å². The second-order valence-corrected chi connectivity index (χ2v) is 5.74. The molecule has 3 aromatic rings. The number of benzene rings is 2. The lowest BCUT2D eigenvalue weighted by Gasteiger charge is -1.94. The smallest absolute Gasteiger partial charge is 0.335 e. The van der Waals surface area contributed by atoms with Crippen molar-refractivity contribution in [2.45, 2.75) is 0 Å². The van der Waals surface area contributed by atoms with Crippen molar-refractivity contribution in [2.75, 3.05) is 0 Å². The first-order chi connectivity index (χ1) is 10.1. The number of rotatable bonds is 3. The normalized spacial score (nSPS) is 11.3. The van der Waals surface area contributed by atoms with Crippen LogP contribution in [0.15, 0.2) is 47.5 Å². The minimum atomic E-state index is -0.943. The van der Waals surface area contributed by atoms with Gasteiger partial charge in [0.05, 0.1) is 15.8 Å². The maximum Gasteiger partial charge on any atom is 0.335 e. The molecule has 0 aliphatic rings. The Morgan fingerprint density at radius 2 is 2.00 bits per heavy atom. The number of carbonyl (C=O) groups is 1. The minimum absolute atomic E-state index is 0.252. The number of halogens is 1. The molecule has 0 spiro atoms. The third-order valence-electron chi connectivity index (χ3n) is 2.82. The summed E-state index contributed by atoms with van der Waals surface area (Å²) in [7, 11) is 0. The number of nitrogens with zero attached hydrogens (tertiary/aromatic N) is 2. The van der Waals surface area contributed by atoms with E-state index in [-0.39, 0.29) is 5.56 Å². The molecule has 21 heavy (non-hydrogen) atoms. The highest BCUT2D eigenvalue weighted by Crippen LogP contribution is 2.29. The molecule has 0 atom stereocenters. The second-order valence-electron chi connectivity index (χ2n) is 4.29. The summed E-state index contributed by atoms with van der Waals surface area (Å²) >= 11 is 7.38. The van der Waals surface area contributed by atoms with Crippen molar-refractivity contribution in [3.63, 3.8) is 0 Å². The van der Waals surface area contributed by atoms with Gasteiger partial charge in [-0.15, -0.1) is 0 Å². The molecule has 104 valence electrons. The van der Waals surface area contributed by atoms with Crippen LogP contribution in [0.25, 0.3) is 10.2 Å². The number of aliphatic imine (C=N–C) groups is 1. The Bertz CT molecular complexity index is 841. The fraction of sp³-hybridized carbons (Fsp3) is 0. The lowest BCUT2D eigenvalue weighted by Crippen LogP contribution is -1.95. The molecule has 0 saturated heterocycles. The van der Waals surface area contributed by atoms with Gasteiger partial charge in [0.15, 0.2) is 0 Å². The Morgan fingerprint density at radius 1 is 1.24 bits per heavy atom.